The van der Waals surface area contributed by atoms with Crippen molar-refractivity contribution in [1.29, 1.82) is 5.26 Å². The van der Waals surface area contributed by atoms with Crippen LogP contribution in [0.3, 0.4) is 0 Å². The maximum atomic E-state index is 10.1. The summed E-state index contributed by atoms with van der Waals surface area (Å²) in [5, 5.41) is 10.1. The van der Waals surface area contributed by atoms with Crippen molar-refractivity contribution in [2.24, 2.45) is 5.92 Å². The van der Waals surface area contributed by atoms with E-state index in [4.69, 9.17) is 0 Å². The molecule has 0 aliphatic rings. The Kier molecular flexibility index (Phi) is 6.61. The summed E-state index contributed by atoms with van der Waals surface area (Å²) in [6, 6.07) is 22.9. The number of halogens is 1. The van der Waals surface area contributed by atoms with E-state index in [2.05, 4.69) is 56.3 Å². The number of nitriles is 1. The third-order valence-electron chi connectivity index (χ3n) is 4.01. The second-order valence-corrected chi connectivity index (χ2v) is 5.82. The first-order valence-corrected chi connectivity index (χ1v) is 7.28. The molecular formula is C19H23ClN2. The topological polar surface area (TPSA) is 27.0 Å². The highest BCUT2D eigenvalue weighted by Crippen LogP contribution is 2.39. The molecule has 0 bridgehead atoms. The molecule has 0 aliphatic carbocycles. The molecule has 0 heterocycles. The predicted octanol–water partition coefficient (Wildman–Crippen LogP) is 4.12. The Morgan fingerprint density at radius 3 is 1.68 bits per heavy atom. The summed E-state index contributed by atoms with van der Waals surface area (Å²) in [6.07, 6.45) is 0. The first kappa shape index (κ1) is 18.2. The summed E-state index contributed by atoms with van der Waals surface area (Å²) < 4.78 is 0. The molecule has 22 heavy (non-hydrogen) atoms. The first-order chi connectivity index (χ1) is 10.1. The van der Waals surface area contributed by atoms with Gasteiger partial charge in [-0.3, -0.25) is 0 Å². The molecular weight excluding hydrogens is 292 g/mol. The third kappa shape index (κ3) is 3.50. The van der Waals surface area contributed by atoms with Crippen molar-refractivity contribution in [3.8, 4) is 6.07 Å². The highest BCUT2D eigenvalue weighted by molar-refractivity contribution is 5.85. The summed E-state index contributed by atoms with van der Waals surface area (Å²) >= 11 is 0. The Morgan fingerprint density at radius 1 is 0.955 bits per heavy atom. The molecule has 0 spiro atoms. The molecule has 2 rings (SSSR count). The molecule has 0 aliphatic heterocycles. The molecule has 0 N–H and O–H groups in total. The Bertz CT molecular complexity index is 563. The van der Waals surface area contributed by atoms with Crippen molar-refractivity contribution in [2.45, 2.75) is 12.3 Å². The Balaban J connectivity index is 0.00000242. The van der Waals surface area contributed by atoms with Gasteiger partial charge >= 0.3 is 0 Å². The Labute approximate surface area is 139 Å². The predicted molar refractivity (Wildman–Crippen MR) is 94.2 cm³/mol. The number of benzene rings is 2. The molecule has 1 unspecified atom stereocenters. The quantitative estimate of drug-likeness (QED) is 0.830. The molecule has 0 radical (unpaired) electrons. The van der Waals surface area contributed by atoms with Gasteiger partial charge in [0.1, 0.15) is 5.41 Å². The van der Waals surface area contributed by atoms with Crippen LogP contribution in [0.2, 0.25) is 0 Å². The lowest BCUT2D eigenvalue weighted by atomic mass is 9.67. The van der Waals surface area contributed by atoms with E-state index in [0.29, 0.717) is 0 Å². The second kappa shape index (κ2) is 7.98. The second-order valence-electron chi connectivity index (χ2n) is 5.82. The monoisotopic (exact) mass is 314 g/mol. The van der Waals surface area contributed by atoms with Gasteiger partial charge in [-0.1, -0.05) is 67.6 Å². The number of hydrogen-bond donors (Lipinski definition) is 0. The standard InChI is InChI=1S/C19H22N2.ClH/c1-16(14-21(2)3)19(15-20,17-10-6-4-7-11-17)18-12-8-5-9-13-18;/h4-13,16H,14H2,1-3H3;1H. The average Bonchev–Trinajstić information content (AvgIpc) is 2.50. The molecule has 1 atom stereocenters. The molecule has 2 aromatic carbocycles. The van der Waals surface area contributed by atoms with Crippen LogP contribution in [0.15, 0.2) is 60.7 Å². The van der Waals surface area contributed by atoms with Gasteiger partial charge in [-0.2, -0.15) is 5.26 Å². The lowest BCUT2D eigenvalue weighted by molar-refractivity contribution is 0.290. The van der Waals surface area contributed by atoms with Crippen molar-refractivity contribution < 1.29 is 0 Å². The zero-order valence-electron chi connectivity index (χ0n) is 13.4. The Morgan fingerprint density at radius 2 is 1.36 bits per heavy atom. The molecule has 116 valence electrons. The third-order valence-corrected chi connectivity index (χ3v) is 4.01. The fourth-order valence-electron chi connectivity index (χ4n) is 3.06. The molecule has 0 amide bonds. The van der Waals surface area contributed by atoms with E-state index in [1.165, 1.54) is 0 Å². The van der Waals surface area contributed by atoms with Gasteiger partial charge in [0.2, 0.25) is 0 Å². The van der Waals surface area contributed by atoms with Gasteiger partial charge in [0.25, 0.3) is 0 Å². The van der Waals surface area contributed by atoms with Gasteiger partial charge in [-0.15, -0.1) is 12.4 Å². The van der Waals surface area contributed by atoms with Crippen LogP contribution < -0.4 is 0 Å². The lowest BCUT2D eigenvalue weighted by Gasteiger charge is -2.35. The summed E-state index contributed by atoms with van der Waals surface area (Å²) in [5.74, 6) is 0.183. The zero-order valence-corrected chi connectivity index (χ0v) is 14.2. The van der Waals surface area contributed by atoms with E-state index in [1.807, 2.05) is 36.4 Å². The number of nitrogens with zero attached hydrogens (tertiary/aromatic N) is 2. The fourth-order valence-corrected chi connectivity index (χ4v) is 3.06. The van der Waals surface area contributed by atoms with Crippen LogP contribution >= 0.6 is 12.4 Å². The van der Waals surface area contributed by atoms with Crippen LogP contribution in [-0.2, 0) is 5.41 Å². The van der Waals surface area contributed by atoms with Crippen LogP contribution in [0.25, 0.3) is 0 Å². The maximum Gasteiger partial charge on any atom is 0.111 e. The number of hydrogen-bond acceptors (Lipinski definition) is 2. The van der Waals surface area contributed by atoms with Gasteiger partial charge in [-0.05, 0) is 31.1 Å². The van der Waals surface area contributed by atoms with Gasteiger partial charge in [0.15, 0.2) is 0 Å². The zero-order chi connectivity index (χ0) is 15.3. The van der Waals surface area contributed by atoms with Crippen LogP contribution in [0.5, 0.6) is 0 Å². The summed E-state index contributed by atoms with van der Waals surface area (Å²) in [5.41, 5.74) is 1.51. The van der Waals surface area contributed by atoms with E-state index in [9.17, 15) is 5.26 Å². The smallest absolute Gasteiger partial charge is 0.111 e. The summed E-state index contributed by atoms with van der Waals surface area (Å²) in [4.78, 5) is 2.14. The minimum Gasteiger partial charge on any atom is -0.309 e. The van der Waals surface area contributed by atoms with Crippen LogP contribution in [0.1, 0.15) is 18.1 Å². The minimum absolute atomic E-state index is 0. The number of rotatable bonds is 5. The summed E-state index contributed by atoms with van der Waals surface area (Å²) in [6.45, 7) is 3.01. The molecule has 2 nitrogen and oxygen atoms in total. The van der Waals surface area contributed by atoms with Crippen LogP contribution in [-0.4, -0.2) is 25.5 Å². The first-order valence-electron chi connectivity index (χ1n) is 7.28. The van der Waals surface area contributed by atoms with E-state index < -0.39 is 5.41 Å². The van der Waals surface area contributed by atoms with Gasteiger partial charge < -0.3 is 4.90 Å². The van der Waals surface area contributed by atoms with Crippen LogP contribution in [0.4, 0.5) is 0 Å². The van der Waals surface area contributed by atoms with Crippen molar-refractivity contribution in [1.82, 2.24) is 4.90 Å². The molecule has 0 aromatic heterocycles. The largest absolute Gasteiger partial charge is 0.309 e. The van der Waals surface area contributed by atoms with E-state index in [1.54, 1.807) is 0 Å². The molecule has 0 saturated heterocycles. The molecule has 2 aromatic rings. The Hall–Kier alpha value is -1.82. The van der Waals surface area contributed by atoms with Gasteiger partial charge in [0, 0.05) is 6.54 Å². The van der Waals surface area contributed by atoms with Gasteiger partial charge in [-0.25, -0.2) is 0 Å². The SMILES string of the molecule is CC(CN(C)C)C(C#N)(c1ccccc1)c1ccccc1.Cl. The lowest BCUT2D eigenvalue weighted by Crippen LogP contribution is -2.39. The normalized spacial score (nSPS) is 12.3. The van der Waals surface area contributed by atoms with Crippen molar-refractivity contribution in [2.75, 3.05) is 20.6 Å². The van der Waals surface area contributed by atoms with E-state index >= 15 is 0 Å². The van der Waals surface area contributed by atoms with E-state index in [-0.39, 0.29) is 18.3 Å². The highest BCUT2D eigenvalue weighted by Gasteiger charge is 2.40. The average molecular weight is 315 g/mol. The van der Waals surface area contributed by atoms with Gasteiger partial charge in [0.05, 0.1) is 6.07 Å². The minimum atomic E-state index is -0.618. The molecule has 0 saturated carbocycles. The molecule has 0 fully saturated rings. The fraction of sp³-hybridized carbons (Fsp3) is 0.316. The highest BCUT2D eigenvalue weighted by atomic mass is 35.5. The van der Waals surface area contributed by atoms with Crippen molar-refractivity contribution in [3.05, 3.63) is 71.8 Å². The van der Waals surface area contributed by atoms with Crippen molar-refractivity contribution >= 4 is 12.4 Å². The molecule has 3 heteroatoms. The maximum absolute atomic E-state index is 10.1. The van der Waals surface area contributed by atoms with E-state index in [0.717, 1.165) is 17.7 Å². The van der Waals surface area contributed by atoms with Crippen LogP contribution in [0, 0.1) is 17.2 Å². The van der Waals surface area contributed by atoms with Crippen molar-refractivity contribution in [3.63, 3.8) is 0 Å². The summed E-state index contributed by atoms with van der Waals surface area (Å²) in [7, 11) is 4.10.